The molecular weight excluding hydrogens is 299 g/mol. The van der Waals surface area contributed by atoms with Crippen LogP contribution in [0.25, 0.3) is 0 Å². The van der Waals surface area contributed by atoms with E-state index in [1.807, 2.05) is 0 Å². The van der Waals surface area contributed by atoms with E-state index in [0.29, 0.717) is 0 Å². The van der Waals surface area contributed by atoms with Crippen LogP contribution in [0.15, 0.2) is 36.4 Å². The van der Waals surface area contributed by atoms with Gasteiger partial charge >= 0.3 is 0 Å². The fraction of sp³-hybridized carbons (Fsp3) is 0.133. The van der Waals surface area contributed by atoms with Gasteiger partial charge in [-0.05, 0) is 24.3 Å². The maximum absolute atomic E-state index is 13.5. The molecule has 2 aromatic rings. The molecule has 0 fully saturated rings. The van der Waals surface area contributed by atoms with Gasteiger partial charge in [0.05, 0.1) is 11.1 Å². The van der Waals surface area contributed by atoms with Crippen molar-refractivity contribution in [2.75, 3.05) is 6.54 Å². The van der Waals surface area contributed by atoms with Crippen molar-refractivity contribution in [3.05, 3.63) is 65.0 Å². The Labute approximate surface area is 123 Å². The first-order valence-corrected chi connectivity index (χ1v) is 6.29. The second kappa shape index (κ2) is 6.48. The molecule has 0 aromatic heterocycles. The van der Waals surface area contributed by atoms with Crippen LogP contribution in [-0.4, -0.2) is 22.7 Å². The van der Waals surface area contributed by atoms with Gasteiger partial charge in [-0.3, -0.25) is 4.79 Å². The molecule has 0 saturated carbocycles. The lowest BCUT2D eigenvalue weighted by Crippen LogP contribution is -2.29. The lowest BCUT2D eigenvalue weighted by Gasteiger charge is -2.14. The Morgan fingerprint density at radius 3 is 2.36 bits per heavy atom. The average molecular weight is 311 g/mol. The van der Waals surface area contributed by atoms with E-state index in [9.17, 15) is 28.2 Å². The number of hydrogen-bond acceptors (Lipinski definition) is 3. The number of aliphatic hydroxyl groups is 1. The summed E-state index contributed by atoms with van der Waals surface area (Å²) in [6.07, 6.45) is -1.60. The van der Waals surface area contributed by atoms with Gasteiger partial charge in [-0.15, -0.1) is 0 Å². The van der Waals surface area contributed by atoms with Gasteiger partial charge in [-0.2, -0.15) is 0 Å². The van der Waals surface area contributed by atoms with E-state index in [-0.39, 0.29) is 5.56 Å². The molecule has 0 spiro atoms. The van der Waals surface area contributed by atoms with E-state index in [1.165, 1.54) is 0 Å². The summed E-state index contributed by atoms with van der Waals surface area (Å²) in [6.45, 7) is -0.479. The first-order chi connectivity index (χ1) is 10.4. The molecule has 7 heteroatoms. The molecule has 1 unspecified atom stereocenters. The highest BCUT2D eigenvalue weighted by atomic mass is 19.1. The van der Waals surface area contributed by atoms with Gasteiger partial charge in [0.15, 0.2) is 0 Å². The van der Waals surface area contributed by atoms with Crippen molar-refractivity contribution < 1.29 is 28.2 Å². The van der Waals surface area contributed by atoms with Crippen LogP contribution in [0.4, 0.5) is 13.2 Å². The third-order valence-electron chi connectivity index (χ3n) is 2.99. The Bertz CT molecular complexity index is 686. The normalized spacial score (nSPS) is 12.0. The van der Waals surface area contributed by atoms with Crippen molar-refractivity contribution in [2.24, 2.45) is 0 Å². The molecule has 2 rings (SSSR count). The summed E-state index contributed by atoms with van der Waals surface area (Å²) < 4.78 is 39.7. The number of nitrogens with one attached hydrogen (secondary N) is 1. The number of benzene rings is 2. The fourth-order valence-corrected chi connectivity index (χ4v) is 1.91. The van der Waals surface area contributed by atoms with Gasteiger partial charge in [0.25, 0.3) is 5.91 Å². The third-order valence-corrected chi connectivity index (χ3v) is 2.99. The molecule has 0 aliphatic carbocycles. The minimum atomic E-state index is -1.60. The summed E-state index contributed by atoms with van der Waals surface area (Å²) in [5.74, 6) is -3.99. The Kier molecular flexibility index (Phi) is 4.67. The van der Waals surface area contributed by atoms with Crippen LogP contribution in [0.2, 0.25) is 0 Å². The molecule has 4 nitrogen and oxygen atoms in total. The first-order valence-electron chi connectivity index (χ1n) is 6.29. The third kappa shape index (κ3) is 3.37. The van der Waals surface area contributed by atoms with Crippen molar-refractivity contribution in [1.29, 1.82) is 0 Å². The Balaban J connectivity index is 2.08. The van der Waals surface area contributed by atoms with Crippen LogP contribution in [0.5, 0.6) is 5.75 Å². The number of hydrogen-bond donors (Lipinski definition) is 3. The summed E-state index contributed by atoms with van der Waals surface area (Å²) in [7, 11) is 0. The zero-order valence-electron chi connectivity index (χ0n) is 11.2. The molecule has 3 N–H and O–H groups in total. The van der Waals surface area contributed by atoms with Crippen molar-refractivity contribution in [3.8, 4) is 5.75 Å². The first kappa shape index (κ1) is 15.8. The number of phenolic OH excluding ortho intramolecular Hbond substituents is 1. The Morgan fingerprint density at radius 1 is 1.14 bits per heavy atom. The second-order valence-electron chi connectivity index (χ2n) is 4.52. The Morgan fingerprint density at radius 2 is 1.77 bits per heavy atom. The summed E-state index contributed by atoms with van der Waals surface area (Å²) >= 11 is 0. The molecule has 0 aliphatic heterocycles. The average Bonchev–Trinajstić information content (AvgIpc) is 2.44. The smallest absolute Gasteiger partial charge is 0.255 e. The zero-order valence-corrected chi connectivity index (χ0v) is 11.2. The minimum absolute atomic E-state index is 0.220. The molecule has 2 aromatic carbocycles. The standard InChI is InChI=1S/C15H12F3NO3/c16-8-4-5-9(12(20)6-8)15(22)19-7-13(21)14-10(17)2-1-3-11(14)18/h1-6,13,20-21H,7H2,(H,19,22). The van der Waals surface area contributed by atoms with Crippen molar-refractivity contribution in [2.45, 2.75) is 6.10 Å². The monoisotopic (exact) mass is 311 g/mol. The summed E-state index contributed by atoms with van der Waals surface area (Å²) in [5.41, 5.74) is -0.784. The number of amides is 1. The fourth-order valence-electron chi connectivity index (χ4n) is 1.91. The van der Waals surface area contributed by atoms with Crippen molar-refractivity contribution >= 4 is 5.91 Å². The minimum Gasteiger partial charge on any atom is -0.507 e. The molecule has 0 bridgehead atoms. The highest BCUT2D eigenvalue weighted by Gasteiger charge is 2.19. The maximum atomic E-state index is 13.5. The van der Waals surface area contributed by atoms with Gasteiger partial charge < -0.3 is 15.5 Å². The van der Waals surface area contributed by atoms with Gasteiger partial charge in [0.1, 0.15) is 29.3 Å². The molecule has 22 heavy (non-hydrogen) atoms. The predicted molar refractivity (Wildman–Crippen MR) is 71.7 cm³/mol. The van der Waals surface area contributed by atoms with E-state index >= 15 is 0 Å². The maximum Gasteiger partial charge on any atom is 0.255 e. The zero-order chi connectivity index (χ0) is 16.3. The number of halogens is 3. The molecule has 0 aliphatic rings. The van der Waals surface area contributed by atoms with Crippen molar-refractivity contribution in [3.63, 3.8) is 0 Å². The largest absolute Gasteiger partial charge is 0.507 e. The number of carbonyl (C=O) groups excluding carboxylic acids is 1. The second-order valence-corrected chi connectivity index (χ2v) is 4.52. The highest BCUT2D eigenvalue weighted by molar-refractivity contribution is 5.96. The molecule has 1 atom stereocenters. The number of aromatic hydroxyl groups is 1. The molecular formula is C15H12F3NO3. The molecule has 1 amide bonds. The molecule has 0 radical (unpaired) electrons. The van der Waals surface area contributed by atoms with Gasteiger partial charge in [0, 0.05) is 12.6 Å². The van der Waals surface area contributed by atoms with Crippen LogP contribution in [0, 0.1) is 17.5 Å². The van der Waals surface area contributed by atoms with E-state index < -0.39 is 47.3 Å². The topological polar surface area (TPSA) is 69.6 Å². The summed E-state index contributed by atoms with van der Waals surface area (Å²) in [5, 5.41) is 21.4. The van der Waals surface area contributed by atoms with E-state index in [0.717, 1.165) is 36.4 Å². The lowest BCUT2D eigenvalue weighted by molar-refractivity contribution is 0.0908. The lowest BCUT2D eigenvalue weighted by atomic mass is 10.1. The number of carbonyl (C=O) groups is 1. The van der Waals surface area contributed by atoms with Gasteiger partial charge in [-0.25, -0.2) is 13.2 Å². The quantitative estimate of drug-likeness (QED) is 0.811. The number of phenols is 1. The van der Waals surface area contributed by atoms with Crippen LogP contribution in [-0.2, 0) is 0 Å². The van der Waals surface area contributed by atoms with Gasteiger partial charge in [-0.1, -0.05) is 6.07 Å². The van der Waals surface area contributed by atoms with Gasteiger partial charge in [0.2, 0.25) is 0 Å². The number of aliphatic hydroxyl groups excluding tert-OH is 1. The summed E-state index contributed by atoms with van der Waals surface area (Å²) in [6, 6.07) is 5.89. The van der Waals surface area contributed by atoms with Crippen LogP contribution < -0.4 is 5.32 Å². The highest BCUT2D eigenvalue weighted by Crippen LogP contribution is 2.21. The molecule has 0 saturated heterocycles. The molecule has 0 heterocycles. The van der Waals surface area contributed by atoms with Crippen molar-refractivity contribution in [1.82, 2.24) is 5.32 Å². The van der Waals surface area contributed by atoms with E-state index in [4.69, 9.17) is 0 Å². The molecule has 116 valence electrons. The SMILES string of the molecule is O=C(NCC(O)c1c(F)cccc1F)c1ccc(F)cc1O. The summed E-state index contributed by atoms with van der Waals surface area (Å²) in [4.78, 5) is 11.8. The predicted octanol–water partition coefficient (Wildman–Crippen LogP) is 2.27. The van der Waals surface area contributed by atoms with E-state index in [2.05, 4.69) is 5.32 Å². The number of rotatable bonds is 4. The van der Waals surface area contributed by atoms with Crippen LogP contribution in [0.1, 0.15) is 22.0 Å². The van der Waals surface area contributed by atoms with Crippen LogP contribution in [0.3, 0.4) is 0 Å². The van der Waals surface area contributed by atoms with E-state index in [1.54, 1.807) is 0 Å². The van der Waals surface area contributed by atoms with Crippen LogP contribution >= 0.6 is 0 Å². The Hall–Kier alpha value is -2.54.